The highest BCUT2D eigenvalue weighted by Gasteiger charge is 2.38. The molecule has 0 spiro atoms. The van der Waals surface area contributed by atoms with Crippen molar-refractivity contribution >= 4 is 17.6 Å². The van der Waals surface area contributed by atoms with Crippen molar-refractivity contribution in [2.75, 3.05) is 6.54 Å². The van der Waals surface area contributed by atoms with Crippen LogP contribution in [0.5, 0.6) is 0 Å². The quantitative estimate of drug-likeness (QED) is 0.761. The van der Waals surface area contributed by atoms with Crippen LogP contribution in [0.1, 0.15) is 26.7 Å². The van der Waals surface area contributed by atoms with E-state index in [0.717, 1.165) is 6.42 Å². The number of amides is 1. The number of hydrogen-bond acceptors (Lipinski definition) is 4. The van der Waals surface area contributed by atoms with Crippen LogP contribution in [0.3, 0.4) is 0 Å². The molecule has 0 aromatic carbocycles. The van der Waals surface area contributed by atoms with Crippen molar-refractivity contribution in [1.82, 2.24) is 4.90 Å². The fourth-order valence-corrected chi connectivity index (χ4v) is 2.43. The lowest BCUT2D eigenvalue weighted by molar-refractivity contribution is -0.142. The second kappa shape index (κ2) is 4.35. The number of nitrogens with zero attached hydrogens (tertiary/aromatic N) is 2. The maximum absolute atomic E-state index is 12.1. The van der Waals surface area contributed by atoms with Crippen molar-refractivity contribution in [3.63, 3.8) is 0 Å². The third-order valence-electron chi connectivity index (χ3n) is 3.26. The maximum atomic E-state index is 12.1. The second-order valence-corrected chi connectivity index (χ2v) is 4.82. The maximum Gasteiger partial charge on any atom is 0.353 e. The average molecular weight is 240 g/mol. The number of rotatable bonds is 2. The highest BCUT2D eigenvalue weighted by atomic mass is 16.6. The molecule has 1 N–H and O–H groups in total. The topological polar surface area (TPSA) is 79.2 Å². The summed E-state index contributed by atoms with van der Waals surface area (Å²) in [5.41, 5.74) is -0.0803. The zero-order chi connectivity index (χ0) is 12.6. The molecular formula is C11H16N2O4. The summed E-state index contributed by atoms with van der Waals surface area (Å²) in [6.45, 7) is 4.80. The zero-order valence-corrected chi connectivity index (χ0v) is 9.92. The van der Waals surface area contributed by atoms with E-state index in [0.29, 0.717) is 12.5 Å². The summed E-state index contributed by atoms with van der Waals surface area (Å²) in [7, 11) is 0. The summed E-state index contributed by atoms with van der Waals surface area (Å²) in [6.07, 6.45) is 0.283. The van der Waals surface area contributed by atoms with Gasteiger partial charge in [0.05, 0.1) is 0 Å². The number of oxime groups is 1. The van der Waals surface area contributed by atoms with Gasteiger partial charge >= 0.3 is 5.97 Å². The van der Waals surface area contributed by atoms with Gasteiger partial charge in [-0.3, -0.25) is 4.79 Å². The Morgan fingerprint density at radius 1 is 1.47 bits per heavy atom. The summed E-state index contributed by atoms with van der Waals surface area (Å²) in [6, 6.07) is 0.190. The number of aliphatic carboxylic acids is 1. The minimum absolute atomic E-state index is 0.0613. The Bertz CT molecular complexity index is 380. The first-order valence-electron chi connectivity index (χ1n) is 5.75. The van der Waals surface area contributed by atoms with E-state index in [4.69, 9.17) is 9.94 Å². The van der Waals surface area contributed by atoms with Crippen LogP contribution in [0, 0.1) is 5.92 Å². The molecule has 6 nitrogen and oxygen atoms in total. The predicted octanol–water partition coefficient (Wildman–Crippen LogP) is 0.473. The Labute approximate surface area is 99.2 Å². The Hall–Kier alpha value is -1.59. The van der Waals surface area contributed by atoms with Gasteiger partial charge in [-0.2, -0.15) is 0 Å². The monoisotopic (exact) mass is 240 g/mol. The predicted molar refractivity (Wildman–Crippen MR) is 59.5 cm³/mol. The molecule has 0 bridgehead atoms. The van der Waals surface area contributed by atoms with E-state index in [-0.39, 0.29) is 24.1 Å². The SMILES string of the molecule is CC1CC(C)N(C(=O)C2CC(C(=O)O)=NO2)C1. The van der Waals surface area contributed by atoms with Crippen LogP contribution < -0.4 is 0 Å². The van der Waals surface area contributed by atoms with Gasteiger partial charge in [-0.05, 0) is 19.3 Å². The summed E-state index contributed by atoms with van der Waals surface area (Å²) < 4.78 is 0. The van der Waals surface area contributed by atoms with Crippen molar-refractivity contribution in [2.45, 2.75) is 38.8 Å². The second-order valence-electron chi connectivity index (χ2n) is 4.82. The van der Waals surface area contributed by atoms with Crippen molar-refractivity contribution in [3.8, 4) is 0 Å². The van der Waals surface area contributed by atoms with Gasteiger partial charge in [-0.1, -0.05) is 12.1 Å². The molecule has 3 unspecified atom stereocenters. The van der Waals surface area contributed by atoms with Crippen molar-refractivity contribution < 1.29 is 19.5 Å². The molecule has 2 aliphatic rings. The molecule has 1 saturated heterocycles. The largest absolute Gasteiger partial charge is 0.477 e. The Balaban J connectivity index is 1.97. The molecule has 0 saturated carbocycles. The molecule has 2 aliphatic heterocycles. The van der Waals surface area contributed by atoms with E-state index in [2.05, 4.69) is 12.1 Å². The normalized spacial score (nSPS) is 32.2. The van der Waals surface area contributed by atoms with Gasteiger partial charge in [0.1, 0.15) is 0 Å². The van der Waals surface area contributed by atoms with Crippen molar-refractivity contribution in [1.29, 1.82) is 0 Å². The van der Waals surface area contributed by atoms with Crippen molar-refractivity contribution in [3.05, 3.63) is 0 Å². The molecule has 17 heavy (non-hydrogen) atoms. The van der Waals surface area contributed by atoms with E-state index in [1.807, 2.05) is 6.92 Å². The third-order valence-corrected chi connectivity index (χ3v) is 3.26. The van der Waals surface area contributed by atoms with E-state index in [1.54, 1.807) is 4.90 Å². The lowest BCUT2D eigenvalue weighted by Crippen LogP contribution is -2.41. The molecule has 0 aromatic rings. The van der Waals surface area contributed by atoms with E-state index < -0.39 is 12.1 Å². The Kier molecular flexibility index (Phi) is 3.04. The molecule has 2 rings (SSSR count). The fourth-order valence-electron chi connectivity index (χ4n) is 2.43. The number of likely N-dealkylation sites (tertiary alicyclic amines) is 1. The molecule has 1 amide bonds. The first kappa shape index (κ1) is 11.9. The van der Waals surface area contributed by atoms with Gasteiger partial charge in [0.15, 0.2) is 5.71 Å². The van der Waals surface area contributed by atoms with Gasteiger partial charge in [-0.25, -0.2) is 4.79 Å². The van der Waals surface area contributed by atoms with E-state index in [9.17, 15) is 9.59 Å². The van der Waals surface area contributed by atoms with Gasteiger partial charge in [0, 0.05) is 19.0 Å². The molecule has 2 heterocycles. The fraction of sp³-hybridized carbons (Fsp3) is 0.727. The number of carbonyl (C=O) groups is 2. The van der Waals surface area contributed by atoms with Crippen LogP contribution in [-0.2, 0) is 14.4 Å². The van der Waals surface area contributed by atoms with Crippen LogP contribution >= 0.6 is 0 Å². The highest BCUT2D eigenvalue weighted by molar-refractivity contribution is 6.36. The van der Waals surface area contributed by atoms with Crippen LogP contribution in [-0.4, -0.2) is 46.3 Å². The number of hydrogen-bond donors (Lipinski definition) is 1. The molecule has 94 valence electrons. The number of carbonyl (C=O) groups excluding carboxylic acids is 1. The average Bonchev–Trinajstić information content (AvgIpc) is 2.84. The number of carboxylic acids is 1. The minimum Gasteiger partial charge on any atom is -0.477 e. The third kappa shape index (κ3) is 2.25. The standard InChI is InChI=1S/C11H16N2O4/c1-6-3-7(2)13(5-6)10(14)9-4-8(11(15)16)12-17-9/h6-7,9H,3-5H2,1-2H3,(H,15,16). The summed E-state index contributed by atoms with van der Waals surface area (Å²) in [5, 5.41) is 12.2. The van der Waals surface area contributed by atoms with Crippen molar-refractivity contribution in [2.24, 2.45) is 11.1 Å². The lowest BCUT2D eigenvalue weighted by atomic mass is 10.1. The summed E-state index contributed by atoms with van der Waals surface area (Å²) in [5.74, 6) is -0.791. The summed E-state index contributed by atoms with van der Waals surface area (Å²) in [4.78, 5) is 29.4. The van der Waals surface area contributed by atoms with Gasteiger partial charge < -0.3 is 14.8 Å². The molecule has 0 aromatic heterocycles. The lowest BCUT2D eigenvalue weighted by Gasteiger charge is -2.23. The van der Waals surface area contributed by atoms with Gasteiger partial charge in [-0.15, -0.1) is 0 Å². The minimum atomic E-state index is -1.12. The smallest absolute Gasteiger partial charge is 0.353 e. The molecule has 3 atom stereocenters. The first-order valence-corrected chi connectivity index (χ1v) is 5.75. The van der Waals surface area contributed by atoms with Crippen LogP contribution in [0.15, 0.2) is 5.16 Å². The molecule has 6 heteroatoms. The van der Waals surface area contributed by atoms with Crippen LogP contribution in [0.25, 0.3) is 0 Å². The molecule has 1 fully saturated rings. The van der Waals surface area contributed by atoms with E-state index in [1.165, 1.54) is 0 Å². The number of carboxylic acid groups (broad SMARTS) is 1. The highest BCUT2D eigenvalue weighted by Crippen LogP contribution is 2.25. The first-order chi connectivity index (χ1) is 7.99. The Morgan fingerprint density at radius 3 is 2.65 bits per heavy atom. The van der Waals surface area contributed by atoms with Crippen LogP contribution in [0.4, 0.5) is 0 Å². The van der Waals surface area contributed by atoms with Gasteiger partial charge in [0.2, 0.25) is 6.10 Å². The van der Waals surface area contributed by atoms with E-state index >= 15 is 0 Å². The zero-order valence-electron chi connectivity index (χ0n) is 9.92. The van der Waals surface area contributed by atoms with Gasteiger partial charge in [0.25, 0.3) is 5.91 Å². The molecule has 0 aliphatic carbocycles. The Morgan fingerprint density at radius 2 is 2.18 bits per heavy atom. The molecular weight excluding hydrogens is 224 g/mol. The van der Waals surface area contributed by atoms with Crippen LogP contribution in [0.2, 0.25) is 0 Å². The summed E-state index contributed by atoms with van der Waals surface area (Å²) >= 11 is 0. The molecule has 0 radical (unpaired) electrons.